The van der Waals surface area contributed by atoms with Gasteiger partial charge in [0.25, 0.3) is 5.91 Å². The largest absolute Gasteiger partial charge is 0.322 e. The second-order valence-corrected chi connectivity index (χ2v) is 7.40. The first kappa shape index (κ1) is 17.8. The van der Waals surface area contributed by atoms with Gasteiger partial charge in [-0.2, -0.15) is 16.9 Å². The van der Waals surface area contributed by atoms with Crippen LogP contribution in [-0.4, -0.2) is 21.9 Å². The Labute approximate surface area is 159 Å². The van der Waals surface area contributed by atoms with Crippen molar-refractivity contribution in [2.75, 3.05) is 11.6 Å². The highest BCUT2D eigenvalue weighted by Gasteiger charge is 2.15. The maximum Gasteiger partial charge on any atom is 0.259 e. The number of nitrogens with one attached hydrogen (secondary N) is 1. The Hall–Kier alpha value is -2.05. The minimum atomic E-state index is -0.154. The zero-order valence-corrected chi connectivity index (χ0v) is 16.4. The lowest BCUT2D eigenvalue weighted by molar-refractivity contribution is 0.102. The Kier molecular flexibility index (Phi) is 5.60. The number of carbonyl (C=O) groups excluding carboxylic acids is 1. The van der Waals surface area contributed by atoms with Crippen LogP contribution in [0.3, 0.4) is 0 Å². The molecular formula is C19H18BrN3OS. The number of benzene rings is 2. The zero-order chi connectivity index (χ0) is 17.8. The van der Waals surface area contributed by atoms with Crippen LogP contribution in [0, 0.1) is 6.92 Å². The van der Waals surface area contributed by atoms with E-state index < -0.39 is 0 Å². The fourth-order valence-electron chi connectivity index (χ4n) is 2.52. The Morgan fingerprint density at radius 3 is 2.48 bits per heavy atom. The molecule has 0 fully saturated rings. The van der Waals surface area contributed by atoms with Gasteiger partial charge >= 0.3 is 0 Å². The summed E-state index contributed by atoms with van der Waals surface area (Å²) in [5.41, 5.74) is 4.31. The Balaban J connectivity index is 1.77. The molecule has 4 nitrogen and oxygen atoms in total. The van der Waals surface area contributed by atoms with E-state index in [2.05, 4.69) is 32.6 Å². The molecule has 25 heavy (non-hydrogen) atoms. The summed E-state index contributed by atoms with van der Waals surface area (Å²) in [7, 11) is 0. The molecule has 2 aromatic carbocycles. The van der Waals surface area contributed by atoms with Crippen molar-refractivity contribution < 1.29 is 4.79 Å². The second kappa shape index (κ2) is 7.89. The van der Waals surface area contributed by atoms with Gasteiger partial charge in [0.2, 0.25) is 0 Å². The molecule has 128 valence electrons. The average molecular weight is 416 g/mol. The van der Waals surface area contributed by atoms with Crippen molar-refractivity contribution in [2.24, 2.45) is 0 Å². The maximum absolute atomic E-state index is 12.6. The highest BCUT2D eigenvalue weighted by Crippen LogP contribution is 2.19. The van der Waals surface area contributed by atoms with Crippen molar-refractivity contribution in [1.29, 1.82) is 0 Å². The van der Waals surface area contributed by atoms with E-state index in [9.17, 15) is 4.79 Å². The third-order valence-corrected chi connectivity index (χ3v) is 5.00. The molecule has 0 aliphatic carbocycles. The number of halogens is 1. The summed E-state index contributed by atoms with van der Waals surface area (Å²) in [6, 6.07) is 15.7. The number of hydrogen-bond acceptors (Lipinski definition) is 3. The number of aromatic nitrogens is 2. The van der Waals surface area contributed by atoms with Gasteiger partial charge in [-0.1, -0.05) is 28.1 Å². The van der Waals surface area contributed by atoms with E-state index >= 15 is 0 Å². The predicted molar refractivity (Wildman–Crippen MR) is 108 cm³/mol. The third-order valence-electron chi connectivity index (χ3n) is 3.85. The highest BCUT2D eigenvalue weighted by molar-refractivity contribution is 9.10. The smallest absolute Gasteiger partial charge is 0.259 e. The van der Waals surface area contributed by atoms with Gasteiger partial charge in [-0.25, -0.2) is 4.68 Å². The molecule has 1 amide bonds. The SMILES string of the molecule is CSCc1ccc(NC(=O)c2cnn(-c3ccc(Br)cc3)c2C)cc1. The molecule has 0 bridgehead atoms. The number of amides is 1. The molecule has 0 spiro atoms. The van der Waals surface area contributed by atoms with Crippen LogP contribution in [0.15, 0.2) is 59.2 Å². The molecule has 0 saturated heterocycles. The van der Waals surface area contributed by atoms with Gasteiger partial charge in [0.15, 0.2) is 0 Å². The summed E-state index contributed by atoms with van der Waals surface area (Å²) < 4.78 is 2.77. The first-order chi connectivity index (χ1) is 12.1. The van der Waals surface area contributed by atoms with Crippen LogP contribution in [0.1, 0.15) is 21.6 Å². The molecule has 3 aromatic rings. The molecule has 6 heteroatoms. The number of rotatable bonds is 5. The summed E-state index contributed by atoms with van der Waals surface area (Å²) in [5, 5.41) is 7.29. The number of anilines is 1. The van der Waals surface area contributed by atoms with Crippen LogP contribution in [0.5, 0.6) is 0 Å². The van der Waals surface area contributed by atoms with Crippen LogP contribution in [0.2, 0.25) is 0 Å². The predicted octanol–water partition coefficient (Wildman–Crippen LogP) is 5.06. The molecule has 1 heterocycles. The Morgan fingerprint density at radius 1 is 1.16 bits per heavy atom. The fraction of sp³-hybridized carbons (Fsp3) is 0.158. The van der Waals surface area contributed by atoms with Crippen LogP contribution in [-0.2, 0) is 5.75 Å². The summed E-state index contributed by atoms with van der Waals surface area (Å²) in [4.78, 5) is 12.6. The Morgan fingerprint density at radius 2 is 1.84 bits per heavy atom. The van der Waals surface area contributed by atoms with Crippen LogP contribution < -0.4 is 5.32 Å². The molecule has 0 atom stereocenters. The molecule has 3 rings (SSSR count). The monoisotopic (exact) mass is 415 g/mol. The highest BCUT2D eigenvalue weighted by atomic mass is 79.9. The van der Waals surface area contributed by atoms with Crippen LogP contribution in [0.4, 0.5) is 5.69 Å². The Bertz CT molecular complexity index is 873. The summed E-state index contributed by atoms with van der Waals surface area (Å²) >= 11 is 5.20. The first-order valence-electron chi connectivity index (χ1n) is 7.78. The molecule has 1 aromatic heterocycles. The summed E-state index contributed by atoms with van der Waals surface area (Å²) in [6.07, 6.45) is 3.68. The number of thioether (sulfide) groups is 1. The molecule has 0 aliphatic rings. The fourth-order valence-corrected chi connectivity index (χ4v) is 3.31. The standard InChI is InChI=1S/C19H18BrN3OS/c1-13-18(11-21-23(13)17-9-5-15(20)6-10-17)19(24)22-16-7-3-14(4-8-16)12-25-2/h3-11H,12H2,1-2H3,(H,22,24). The van der Waals surface area contributed by atoms with Gasteiger partial charge in [-0.3, -0.25) is 4.79 Å². The lowest BCUT2D eigenvalue weighted by atomic mass is 10.2. The third kappa shape index (κ3) is 4.14. The number of carbonyl (C=O) groups is 1. The van der Waals surface area contributed by atoms with E-state index in [0.717, 1.165) is 27.3 Å². The van der Waals surface area contributed by atoms with Gasteiger partial charge in [0.05, 0.1) is 23.1 Å². The van der Waals surface area contributed by atoms with Gasteiger partial charge in [0.1, 0.15) is 0 Å². The normalized spacial score (nSPS) is 10.7. The van der Waals surface area contributed by atoms with E-state index in [1.54, 1.807) is 22.6 Å². The molecule has 0 saturated carbocycles. The number of nitrogens with zero attached hydrogens (tertiary/aromatic N) is 2. The lowest BCUT2D eigenvalue weighted by Crippen LogP contribution is -2.13. The molecular weight excluding hydrogens is 398 g/mol. The van der Waals surface area contributed by atoms with E-state index in [1.165, 1.54) is 5.56 Å². The van der Waals surface area contributed by atoms with Crippen LogP contribution in [0.25, 0.3) is 5.69 Å². The van der Waals surface area contributed by atoms with Crippen molar-refractivity contribution in [3.63, 3.8) is 0 Å². The maximum atomic E-state index is 12.6. The summed E-state index contributed by atoms with van der Waals surface area (Å²) in [6.45, 7) is 1.89. The van der Waals surface area contributed by atoms with E-state index in [-0.39, 0.29) is 5.91 Å². The van der Waals surface area contributed by atoms with Gasteiger partial charge < -0.3 is 5.32 Å². The lowest BCUT2D eigenvalue weighted by Gasteiger charge is -2.07. The van der Waals surface area contributed by atoms with Gasteiger partial charge in [-0.15, -0.1) is 0 Å². The zero-order valence-electron chi connectivity index (χ0n) is 14.0. The van der Waals surface area contributed by atoms with Crippen molar-refractivity contribution >= 4 is 39.3 Å². The molecule has 0 aliphatic heterocycles. The minimum Gasteiger partial charge on any atom is -0.322 e. The molecule has 0 unspecified atom stereocenters. The number of hydrogen-bond donors (Lipinski definition) is 1. The average Bonchev–Trinajstić information content (AvgIpc) is 2.99. The van der Waals surface area contributed by atoms with Crippen molar-refractivity contribution in [3.05, 3.63) is 76.0 Å². The second-order valence-electron chi connectivity index (χ2n) is 5.62. The van der Waals surface area contributed by atoms with E-state index in [4.69, 9.17) is 0 Å². The van der Waals surface area contributed by atoms with Gasteiger partial charge in [-0.05, 0) is 55.1 Å². The van der Waals surface area contributed by atoms with E-state index in [0.29, 0.717) is 5.56 Å². The summed E-state index contributed by atoms with van der Waals surface area (Å²) in [5.74, 6) is 0.811. The van der Waals surface area contributed by atoms with Crippen molar-refractivity contribution in [1.82, 2.24) is 9.78 Å². The van der Waals surface area contributed by atoms with Gasteiger partial charge in [0, 0.05) is 15.9 Å². The van der Waals surface area contributed by atoms with Crippen molar-refractivity contribution in [3.8, 4) is 5.69 Å². The molecule has 0 radical (unpaired) electrons. The minimum absolute atomic E-state index is 0.154. The first-order valence-corrected chi connectivity index (χ1v) is 9.97. The van der Waals surface area contributed by atoms with E-state index in [1.807, 2.05) is 55.5 Å². The quantitative estimate of drug-likeness (QED) is 0.633. The topological polar surface area (TPSA) is 46.9 Å². The molecule has 1 N–H and O–H groups in total. The van der Waals surface area contributed by atoms with Crippen LogP contribution >= 0.6 is 27.7 Å². The van der Waals surface area contributed by atoms with Crippen molar-refractivity contribution in [2.45, 2.75) is 12.7 Å².